The summed E-state index contributed by atoms with van der Waals surface area (Å²) in [5, 5.41) is 13.2. The summed E-state index contributed by atoms with van der Waals surface area (Å²) in [6.07, 6.45) is 6.17. The molecular formula is C30H34N4O6. The average Bonchev–Trinajstić information content (AvgIpc) is 3.01. The number of esters is 1. The normalized spacial score (nSPS) is 22.0. The largest absolute Gasteiger partial charge is 0.459 e. The third kappa shape index (κ3) is 6.47. The highest BCUT2D eigenvalue weighted by atomic mass is 16.6. The molecule has 5 rings (SSSR count). The predicted octanol–water partition coefficient (Wildman–Crippen LogP) is 3.25. The predicted molar refractivity (Wildman–Crippen MR) is 148 cm³/mol. The van der Waals surface area contributed by atoms with Gasteiger partial charge in [-0.15, -0.1) is 0 Å². The van der Waals surface area contributed by atoms with Crippen LogP contribution in [0.15, 0.2) is 77.7 Å². The molecule has 1 saturated heterocycles. The third-order valence-electron chi connectivity index (χ3n) is 7.54. The fourth-order valence-corrected chi connectivity index (χ4v) is 5.41. The number of carbonyl (C=O) groups is 2. The van der Waals surface area contributed by atoms with Gasteiger partial charge >= 0.3 is 11.7 Å². The fraction of sp³-hybridized carbons (Fsp3) is 0.400. The lowest BCUT2D eigenvalue weighted by atomic mass is 9.92. The van der Waals surface area contributed by atoms with Gasteiger partial charge in [-0.05, 0) is 43.2 Å². The van der Waals surface area contributed by atoms with E-state index in [1.165, 1.54) is 17.2 Å². The summed E-state index contributed by atoms with van der Waals surface area (Å²) in [5.41, 5.74) is -0.982. The van der Waals surface area contributed by atoms with Gasteiger partial charge in [-0.3, -0.25) is 14.3 Å². The Morgan fingerprint density at radius 2 is 1.68 bits per heavy atom. The smallest absolute Gasteiger partial charge is 0.351 e. The minimum atomic E-state index is -1.23. The highest BCUT2D eigenvalue weighted by Gasteiger charge is 2.44. The number of aromatic nitrogens is 2. The SMILES string of the molecule is O=C(Nc1ccn([C@H]2CN(C3CCCCC3)C[C@@](CO)(COC(=O)c3ccccc3)O2)c(=O)n1)c1ccccc1. The number of hydrogen-bond donors (Lipinski definition) is 2. The number of rotatable bonds is 8. The highest BCUT2D eigenvalue weighted by molar-refractivity contribution is 6.03. The number of carbonyl (C=O) groups excluding carboxylic acids is 2. The van der Waals surface area contributed by atoms with Crippen molar-refractivity contribution in [3.8, 4) is 0 Å². The standard InChI is InChI=1S/C30H34N4O6/c35-20-30(21-39-28(37)23-12-6-2-7-13-23)19-33(24-14-8-3-9-15-24)18-26(40-30)34-17-16-25(32-29(34)38)31-27(36)22-10-4-1-5-11-22/h1-2,4-7,10-13,16-17,24,26,35H,3,8-9,14-15,18-21H2,(H,31,32,36,38)/t26-,30-/m1/s1. The van der Waals surface area contributed by atoms with Gasteiger partial charge in [0.05, 0.1) is 12.2 Å². The molecule has 1 aliphatic heterocycles. The van der Waals surface area contributed by atoms with E-state index in [0.29, 0.717) is 24.2 Å². The van der Waals surface area contributed by atoms with E-state index in [1.807, 2.05) is 12.1 Å². The molecule has 2 aliphatic rings. The summed E-state index contributed by atoms with van der Waals surface area (Å²) in [4.78, 5) is 44.7. The van der Waals surface area contributed by atoms with Gasteiger partial charge in [-0.25, -0.2) is 9.59 Å². The molecule has 1 amide bonds. The van der Waals surface area contributed by atoms with Crippen LogP contribution < -0.4 is 11.0 Å². The molecule has 0 unspecified atom stereocenters. The number of benzene rings is 2. The highest BCUT2D eigenvalue weighted by Crippen LogP contribution is 2.33. The van der Waals surface area contributed by atoms with Crippen molar-refractivity contribution in [2.24, 2.45) is 0 Å². The van der Waals surface area contributed by atoms with Crippen molar-refractivity contribution in [1.29, 1.82) is 0 Å². The minimum Gasteiger partial charge on any atom is -0.459 e. The first-order valence-corrected chi connectivity index (χ1v) is 13.7. The molecule has 10 heteroatoms. The Labute approximate surface area is 232 Å². The van der Waals surface area contributed by atoms with Gasteiger partial charge < -0.3 is 19.9 Å². The number of morpholine rings is 1. The zero-order chi connectivity index (χ0) is 28.0. The van der Waals surface area contributed by atoms with Gasteiger partial charge in [0.15, 0.2) is 6.23 Å². The van der Waals surface area contributed by atoms with Crippen molar-refractivity contribution in [2.75, 3.05) is 31.6 Å². The van der Waals surface area contributed by atoms with Crippen molar-refractivity contribution in [3.05, 3.63) is 94.5 Å². The van der Waals surface area contributed by atoms with Gasteiger partial charge in [0.2, 0.25) is 0 Å². The molecule has 3 aromatic rings. The molecule has 0 bridgehead atoms. The third-order valence-corrected chi connectivity index (χ3v) is 7.54. The molecular weight excluding hydrogens is 512 g/mol. The first-order chi connectivity index (χ1) is 19.5. The maximum Gasteiger partial charge on any atom is 0.351 e. The Balaban J connectivity index is 1.36. The molecule has 40 heavy (non-hydrogen) atoms. The number of ether oxygens (including phenoxy) is 2. The molecule has 1 aliphatic carbocycles. The maximum absolute atomic E-state index is 13.1. The van der Waals surface area contributed by atoms with Crippen molar-refractivity contribution >= 4 is 17.7 Å². The minimum absolute atomic E-state index is 0.125. The average molecular weight is 547 g/mol. The Bertz CT molecular complexity index is 1360. The number of aliphatic hydroxyl groups is 1. The summed E-state index contributed by atoms with van der Waals surface area (Å²) >= 11 is 0. The summed E-state index contributed by atoms with van der Waals surface area (Å²) in [6.45, 7) is 0.197. The van der Waals surface area contributed by atoms with Gasteiger partial charge in [0.1, 0.15) is 18.0 Å². The molecule has 2 fully saturated rings. The Morgan fingerprint density at radius 1 is 1.00 bits per heavy atom. The van der Waals surface area contributed by atoms with Crippen molar-refractivity contribution in [1.82, 2.24) is 14.5 Å². The van der Waals surface area contributed by atoms with Crippen molar-refractivity contribution in [2.45, 2.75) is 50.0 Å². The lowest BCUT2D eigenvalue weighted by Gasteiger charge is -2.48. The summed E-state index contributed by atoms with van der Waals surface area (Å²) in [6, 6.07) is 19.1. The van der Waals surface area contributed by atoms with E-state index in [-0.39, 0.29) is 24.4 Å². The van der Waals surface area contributed by atoms with E-state index >= 15 is 0 Å². The summed E-state index contributed by atoms with van der Waals surface area (Å²) < 4.78 is 13.3. The van der Waals surface area contributed by atoms with Crippen molar-refractivity contribution in [3.63, 3.8) is 0 Å². The molecule has 0 radical (unpaired) electrons. The Kier molecular flexibility index (Phi) is 8.69. The van der Waals surface area contributed by atoms with Crippen LogP contribution in [0.3, 0.4) is 0 Å². The molecule has 2 N–H and O–H groups in total. The first-order valence-electron chi connectivity index (χ1n) is 13.7. The number of nitrogens with zero attached hydrogens (tertiary/aromatic N) is 3. The van der Waals surface area contributed by atoms with Crippen LogP contribution in [0.25, 0.3) is 0 Å². The van der Waals surface area contributed by atoms with Crippen LogP contribution in [0.2, 0.25) is 0 Å². The fourth-order valence-electron chi connectivity index (χ4n) is 5.41. The second-order valence-corrected chi connectivity index (χ2v) is 10.4. The zero-order valence-corrected chi connectivity index (χ0v) is 22.3. The summed E-state index contributed by atoms with van der Waals surface area (Å²) in [5.74, 6) is -0.761. The van der Waals surface area contributed by atoms with E-state index in [9.17, 15) is 19.5 Å². The topological polar surface area (TPSA) is 123 Å². The number of anilines is 1. The molecule has 2 atom stereocenters. The van der Waals surface area contributed by atoms with E-state index in [2.05, 4.69) is 15.2 Å². The van der Waals surface area contributed by atoms with E-state index in [0.717, 1.165) is 25.7 Å². The van der Waals surface area contributed by atoms with Gasteiger partial charge in [-0.2, -0.15) is 4.98 Å². The van der Waals surface area contributed by atoms with Crippen molar-refractivity contribution < 1.29 is 24.2 Å². The van der Waals surface area contributed by atoms with E-state index in [1.54, 1.807) is 54.6 Å². The Morgan fingerprint density at radius 3 is 2.33 bits per heavy atom. The van der Waals surface area contributed by atoms with Crippen LogP contribution in [0.1, 0.15) is 59.0 Å². The molecule has 210 valence electrons. The van der Waals surface area contributed by atoms with Crippen LogP contribution in [0.4, 0.5) is 5.82 Å². The zero-order valence-electron chi connectivity index (χ0n) is 22.3. The van der Waals surface area contributed by atoms with Gasteiger partial charge in [0, 0.05) is 30.9 Å². The van der Waals surface area contributed by atoms with Crippen LogP contribution in [0.5, 0.6) is 0 Å². The Hall–Kier alpha value is -3.86. The summed E-state index contributed by atoms with van der Waals surface area (Å²) in [7, 11) is 0. The van der Waals surface area contributed by atoms with Crippen LogP contribution in [-0.4, -0.2) is 69.4 Å². The number of aliphatic hydroxyl groups excluding tert-OH is 1. The second kappa shape index (κ2) is 12.5. The number of amides is 1. The molecule has 2 heterocycles. The number of hydrogen-bond acceptors (Lipinski definition) is 8. The van der Waals surface area contributed by atoms with Gasteiger partial charge in [0.25, 0.3) is 5.91 Å². The quantitative estimate of drug-likeness (QED) is 0.413. The monoisotopic (exact) mass is 546 g/mol. The van der Waals surface area contributed by atoms with E-state index < -0.39 is 30.1 Å². The molecule has 0 spiro atoms. The molecule has 10 nitrogen and oxygen atoms in total. The molecule has 1 aromatic heterocycles. The molecule has 1 saturated carbocycles. The number of nitrogens with one attached hydrogen (secondary N) is 1. The van der Waals surface area contributed by atoms with Crippen LogP contribution >= 0.6 is 0 Å². The van der Waals surface area contributed by atoms with Crippen LogP contribution in [0, 0.1) is 0 Å². The first kappa shape index (κ1) is 27.7. The lowest BCUT2D eigenvalue weighted by molar-refractivity contribution is -0.221. The van der Waals surface area contributed by atoms with E-state index in [4.69, 9.17) is 9.47 Å². The second-order valence-electron chi connectivity index (χ2n) is 10.4. The van der Waals surface area contributed by atoms with Gasteiger partial charge in [-0.1, -0.05) is 55.7 Å². The maximum atomic E-state index is 13.1. The molecule has 2 aromatic carbocycles. The van der Waals surface area contributed by atoms with Crippen LogP contribution in [-0.2, 0) is 9.47 Å². The lowest BCUT2D eigenvalue weighted by Crippen LogP contribution is -2.61.